The van der Waals surface area contributed by atoms with E-state index in [9.17, 15) is 4.79 Å². The van der Waals surface area contributed by atoms with Crippen LogP contribution < -0.4 is 0 Å². The molecule has 0 fully saturated rings. The van der Waals surface area contributed by atoms with Gasteiger partial charge in [0.1, 0.15) is 5.60 Å². The fourth-order valence-corrected chi connectivity index (χ4v) is 14.1. The summed E-state index contributed by atoms with van der Waals surface area (Å²) in [5, 5.41) is 0. The van der Waals surface area contributed by atoms with Gasteiger partial charge in [-0.1, -0.05) is 69.4 Å². The first-order chi connectivity index (χ1) is 14.2. The van der Waals surface area contributed by atoms with Crippen molar-refractivity contribution in [3.8, 4) is 0 Å². The lowest BCUT2D eigenvalue weighted by Gasteiger charge is -2.39. The van der Waals surface area contributed by atoms with E-state index in [1.807, 2.05) is 30.3 Å². The van der Waals surface area contributed by atoms with E-state index in [-0.39, 0.29) is 5.78 Å². The highest BCUT2D eigenvalue weighted by atomic mass is 28.4. The molecule has 0 saturated heterocycles. The monoisotopic (exact) mass is 480 g/mol. The van der Waals surface area contributed by atoms with Gasteiger partial charge >= 0.3 is 0 Å². The van der Waals surface area contributed by atoms with Gasteiger partial charge < -0.3 is 8.54 Å². The number of carbonyl (C=O) groups excluding carboxylic acids is 1. The van der Waals surface area contributed by atoms with Crippen molar-refractivity contribution in [3.05, 3.63) is 35.9 Å². The number of hydrogen-bond donors (Lipinski definition) is 0. The third-order valence-corrected chi connectivity index (χ3v) is 12.5. The second kappa shape index (κ2) is 12.1. The van der Waals surface area contributed by atoms with E-state index in [1.54, 1.807) is 0 Å². The molecule has 0 aliphatic heterocycles. The first-order valence-electron chi connectivity index (χ1n) is 12.2. The van der Waals surface area contributed by atoms with Crippen LogP contribution in [0.1, 0.15) is 62.2 Å². The molecule has 1 atom stereocenters. The summed E-state index contributed by atoms with van der Waals surface area (Å²) in [7, 11) is -5.08. The molecule has 1 aromatic carbocycles. The number of unbranched alkanes of at least 4 members (excludes halogenated alkanes) is 3. The minimum atomic E-state index is -1.91. The highest BCUT2D eigenvalue weighted by Gasteiger charge is 2.42. The molecular formula is C25H48O3Si3. The summed E-state index contributed by atoms with van der Waals surface area (Å²) >= 11 is 0. The predicted octanol–water partition coefficient (Wildman–Crippen LogP) is 8.27. The van der Waals surface area contributed by atoms with Crippen LogP contribution in [0.25, 0.3) is 0 Å². The minimum Gasteiger partial charge on any atom is -0.456 e. The van der Waals surface area contributed by atoms with Crippen LogP contribution in [-0.2, 0) is 8.54 Å². The maximum Gasteiger partial charge on any atom is 0.193 e. The van der Waals surface area contributed by atoms with Gasteiger partial charge in [0, 0.05) is 5.56 Å². The second-order valence-electron chi connectivity index (χ2n) is 11.5. The van der Waals surface area contributed by atoms with Crippen LogP contribution in [0.4, 0.5) is 0 Å². The summed E-state index contributed by atoms with van der Waals surface area (Å²) in [5.74, 6) is 0.182. The molecule has 0 radical (unpaired) electrons. The van der Waals surface area contributed by atoms with E-state index >= 15 is 0 Å². The molecule has 0 bridgehead atoms. The van der Waals surface area contributed by atoms with E-state index in [0.29, 0.717) is 0 Å². The first kappa shape index (κ1) is 28.5. The van der Waals surface area contributed by atoms with Gasteiger partial charge in [0.2, 0.25) is 0 Å². The molecule has 0 amide bonds. The lowest BCUT2D eigenvalue weighted by atomic mass is 9.83. The molecule has 0 aliphatic carbocycles. The maximum atomic E-state index is 13.8. The van der Waals surface area contributed by atoms with Crippen molar-refractivity contribution in [2.45, 2.75) is 116 Å². The molecular weight excluding hydrogens is 433 g/mol. The standard InChI is InChI=1S/C25H48O3Si3/c1-10-11-15-20-25(27-29(2,3)4,24(26)23-18-13-12-14-19-23)21-16-17-22-31(8,9)28-30(5,6)7/h12-14,18-19H,10-11,15-17,20-22H2,1-9H3. The fraction of sp³-hybridized carbons (Fsp3) is 0.720. The Balaban J connectivity index is 3.03. The van der Waals surface area contributed by atoms with Crippen LogP contribution in [-0.4, -0.2) is 36.3 Å². The lowest BCUT2D eigenvalue weighted by molar-refractivity contribution is 0.0303. The average Bonchev–Trinajstić information content (AvgIpc) is 2.62. The third-order valence-electron chi connectivity index (χ3n) is 5.33. The summed E-state index contributed by atoms with van der Waals surface area (Å²) in [4.78, 5) is 13.8. The largest absolute Gasteiger partial charge is 0.456 e. The molecule has 31 heavy (non-hydrogen) atoms. The molecule has 0 aromatic heterocycles. The van der Waals surface area contributed by atoms with Gasteiger partial charge in [-0.25, -0.2) is 0 Å². The number of carbonyl (C=O) groups is 1. The summed E-state index contributed by atoms with van der Waals surface area (Å²) < 4.78 is 13.3. The van der Waals surface area contributed by atoms with Crippen molar-refractivity contribution in [3.63, 3.8) is 0 Å². The van der Waals surface area contributed by atoms with Crippen LogP contribution in [0.2, 0.25) is 58.4 Å². The van der Waals surface area contributed by atoms with E-state index in [4.69, 9.17) is 8.54 Å². The topological polar surface area (TPSA) is 35.5 Å². The van der Waals surface area contributed by atoms with E-state index in [2.05, 4.69) is 59.3 Å². The maximum absolute atomic E-state index is 13.8. The second-order valence-corrected chi connectivity index (χ2v) is 25.0. The summed E-state index contributed by atoms with van der Waals surface area (Å²) in [5.41, 5.74) is 0.0980. The molecule has 178 valence electrons. The first-order valence-corrected chi connectivity index (χ1v) is 22.1. The summed E-state index contributed by atoms with van der Waals surface area (Å²) in [6.45, 7) is 20.3. The Morgan fingerprint density at radius 2 is 1.35 bits per heavy atom. The van der Waals surface area contributed by atoms with Gasteiger partial charge in [-0.05, 0) is 71.3 Å². The molecule has 3 nitrogen and oxygen atoms in total. The molecule has 0 heterocycles. The quantitative estimate of drug-likeness (QED) is 0.144. The predicted molar refractivity (Wildman–Crippen MR) is 143 cm³/mol. The number of hydrogen-bond acceptors (Lipinski definition) is 3. The van der Waals surface area contributed by atoms with Gasteiger partial charge in [-0.3, -0.25) is 4.79 Å². The smallest absolute Gasteiger partial charge is 0.193 e. The van der Waals surface area contributed by atoms with Gasteiger partial charge in [0.05, 0.1) is 0 Å². The highest BCUT2D eigenvalue weighted by molar-refractivity contribution is 6.84. The SMILES string of the molecule is CCCCCC(CCCC[Si](C)(C)O[Si](C)(C)C)(O[Si](C)(C)C)C(=O)c1ccccc1. The Kier molecular flexibility index (Phi) is 11.1. The van der Waals surface area contributed by atoms with Crippen molar-refractivity contribution in [2.24, 2.45) is 0 Å². The zero-order chi connectivity index (χ0) is 23.8. The Bertz CT molecular complexity index is 663. The molecule has 1 aromatic rings. The lowest BCUT2D eigenvalue weighted by Crippen LogP contribution is -2.49. The van der Waals surface area contributed by atoms with Crippen molar-refractivity contribution >= 4 is 30.7 Å². The Morgan fingerprint density at radius 3 is 1.84 bits per heavy atom. The van der Waals surface area contributed by atoms with Crippen molar-refractivity contribution in [2.75, 3.05) is 0 Å². The van der Waals surface area contributed by atoms with Crippen LogP contribution in [0, 0.1) is 0 Å². The van der Waals surface area contributed by atoms with Crippen molar-refractivity contribution < 1.29 is 13.3 Å². The zero-order valence-corrected chi connectivity index (χ0v) is 24.8. The molecule has 1 rings (SSSR count). The third kappa shape index (κ3) is 11.2. The molecule has 6 heteroatoms. The fourth-order valence-electron chi connectivity index (χ4n) is 4.44. The minimum absolute atomic E-state index is 0.182. The zero-order valence-electron chi connectivity index (χ0n) is 21.8. The van der Waals surface area contributed by atoms with Gasteiger partial charge in [0.15, 0.2) is 30.7 Å². The van der Waals surface area contributed by atoms with Gasteiger partial charge in [0.25, 0.3) is 0 Å². The Hall–Kier alpha value is -0.539. The molecule has 0 N–H and O–H groups in total. The Labute approximate surface area is 195 Å². The average molecular weight is 481 g/mol. The van der Waals surface area contributed by atoms with Crippen LogP contribution >= 0.6 is 0 Å². The number of benzene rings is 1. The van der Waals surface area contributed by atoms with Gasteiger partial charge in [-0.2, -0.15) is 0 Å². The highest BCUT2D eigenvalue weighted by Crippen LogP contribution is 2.34. The summed E-state index contributed by atoms with van der Waals surface area (Å²) in [6.07, 6.45) is 7.09. The number of ketones is 1. The molecule has 0 saturated carbocycles. The van der Waals surface area contributed by atoms with Crippen molar-refractivity contribution in [1.82, 2.24) is 0 Å². The van der Waals surface area contributed by atoms with E-state index in [1.165, 1.54) is 0 Å². The molecule has 1 unspecified atom stereocenters. The van der Waals surface area contributed by atoms with Crippen LogP contribution in [0.5, 0.6) is 0 Å². The van der Waals surface area contributed by atoms with Crippen molar-refractivity contribution in [1.29, 1.82) is 0 Å². The number of rotatable bonds is 15. The van der Waals surface area contributed by atoms with E-state index < -0.39 is 30.6 Å². The summed E-state index contributed by atoms with van der Waals surface area (Å²) in [6, 6.07) is 10.9. The van der Waals surface area contributed by atoms with Gasteiger partial charge in [-0.15, -0.1) is 0 Å². The van der Waals surface area contributed by atoms with Crippen LogP contribution in [0.15, 0.2) is 30.3 Å². The normalized spacial score (nSPS) is 15.0. The molecule has 0 aliphatic rings. The Morgan fingerprint density at radius 1 is 0.806 bits per heavy atom. The van der Waals surface area contributed by atoms with Crippen LogP contribution in [0.3, 0.4) is 0 Å². The van der Waals surface area contributed by atoms with E-state index in [0.717, 1.165) is 56.6 Å². The molecule has 0 spiro atoms. The number of Topliss-reactive ketones (excluding diaryl/α,β-unsaturated/α-hetero) is 1.